The molecule has 3 N–H and O–H groups in total. The zero-order valence-electron chi connectivity index (χ0n) is 10.6. The van der Waals surface area contributed by atoms with Gasteiger partial charge in [0.1, 0.15) is 10.7 Å². The molecule has 0 atom stereocenters. The standard InChI is InChI=1S/C12H12N4O3S/c1-5-4-20-8(12(18)19)7(5)13-11(17)10-14-9(15-16-10)6-2-3-6/h4,6H,2-3H2,1H3,(H,13,17)(H,18,19)(H,14,15,16). The van der Waals surface area contributed by atoms with E-state index in [1.54, 1.807) is 12.3 Å². The van der Waals surface area contributed by atoms with E-state index in [-0.39, 0.29) is 10.7 Å². The van der Waals surface area contributed by atoms with Crippen LogP contribution in [0.2, 0.25) is 0 Å². The van der Waals surface area contributed by atoms with Gasteiger partial charge in [-0.3, -0.25) is 9.89 Å². The summed E-state index contributed by atoms with van der Waals surface area (Å²) in [6.07, 6.45) is 2.12. The van der Waals surface area contributed by atoms with E-state index in [0.717, 1.165) is 30.0 Å². The molecule has 3 rings (SSSR count). The van der Waals surface area contributed by atoms with Crippen LogP contribution in [0.4, 0.5) is 5.69 Å². The quantitative estimate of drug-likeness (QED) is 0.798. The lowest BCUT2D eigenvalue weighted by Gasteiger charge is -2.03. The zero-order chi connectivity index (χ0) is 14.3. The largest absolute Gasteiger partial charge is 0.477 e. The number of aromatic carboxylic acids is 1. The average Bonchev–Trinajstić information content (AvgIpc) is 3.02. The zero-order valence-corrected chi connectivity index (χ0v) is 11.5. The minimum Gasteiger partial charge on any atom is -0.477 e. The second kappa shape index (κ2) is 4.71. The Kier molecular flexibility index (Phi) is 3.01. The smallest absolute Gasteiger partial charge is 0.348 e. The lowest BCUT2D eigenvalue weighted by atomic mass is 10.2. The Labute approximate surface area is 118 Å². The average molecular weight is 292 g/mol. The molecule has 2 heterocycles. The van der Waals surface area contributed by atoms with E-state index in [1.165, 1.54) is 0 Å². The molecule has 0 saturated heterocycles. The first-order valence-electron chi connectivity index (χ1n) is 6.11. The highest BCUT2D eigenvalue weighted by Crippen LogP contribution is 2.37. The van der Waals surface area contributed by atoms with Gasteiger partial charge in [-0.05, 0) is 30.7 Å². The number of carbonyl (C=O) groups is 2. The molecule has 1 amide bonds. The summed E-state index contributed by atoms with van der Waals surface area (Å²) in [6, 6.07) is 0. The van der Waals surface area contributed by atoms with Gasteiger partial charge in [0.2, 0.25) is 5.82 Å². The Bertz CT molecular complexity index is 687. The third kappa shape index (κ3) is 2.29. The maximum Gasteiger partial charge on any atom is 0.348 e. The van der Waals surface area contributed by atoms with E-state index in [4.69, 9.17) is 5.11 Å². The van der Waals surface area contributed by atoms with Crippen molar-refractivity contribution >= 4 is 28.9 Å². The van der Waals surface area contributed by atoms with Gasteiger partial charge in [0.25, 0.3) is 5.91 Å². The number of carboxylic acids is 1. The number of aromatic amines is 1. The molecular formula is C12H12N4O3S. The van der Waals surface area contributed by atoms with Crippen LogP contribution < -0.4 is 5.32 Å². The minimum atomic E-state index is -1.06. The summed E-state index contributed by atoms with van der Waals surface area (Å²) < 4.78 is 0. The Morgan fingerprint density at radius 2 is 2.25 bits per heavy atom. The molecule has 1 fully saturated rings. The highest BCUT2D eigenvalue weighted by Gasteiger charge is 2.28. The van der Waals surface area contributed by atoms with Crippen LogP contribution in [0.3, 0.4) is 0 Å². The summed E-state index contributed by atoms with van der Waals surface area (Å²) in [7, 11) is 0. The van der Waals surface area contributed by atoms with Gasteiger partial charge in [0.15, 0.2) is 0 Å². The van der Waals surface area contributed by atoms with E-state index < -0.39 is 11.9 Å². The number of hydrogen-bond donors (Lipinski definition) is 3. The minimum absolute atomic E-state index is 0.0360. The Morgan fingerprint density at radius 1 is 1.50 bits per heavy atom. The fourth-order valence-corrected chi connectivity index (χ4v) is 2.68. The molecule has 1 aliphatic carbocycles. The van der Waals surface area contributed by atoms with Gasteiger partial charge in [-0.15, -0.1) is 16.4 Å². The summed E-state index contributed by atoms with van der Waals surface area (Å²) in [5.74, 6) is -0.435. The molecular weight excluding hydrogens is 280 g/mol. The number of H-pyrrole nitrogens is 1. The van der Waals surface area contributed by atoms with Gasteiger partial charge in [0.05, 0.1) is 5.69 Å². The number of nitrogens with one attached hydrogen (secondary N) is 2. The normalized spacial score (nSPS) is 14.2. The summed E-state index contributed by atoms with van der Waals surface area (Å²) in [6.45, 7) is 1.74. The number of nitrogens with zero attached hydrogens (tertiary/aromatic N) is 2. The van der Waals surface area contributed by atoms with E-state index in [0.29, 0.717) is 17.2 Å². The number of rotatable bonds is 4. The van der Waals surface area contributed by atoms with Crippen molar-refractivity contribution in [3.63, 3.8) is 0 Å². The second-order valence-corrected chi connectivity index (χ2v) is 5.58. The summed E-state index contributed by atoms with van der Waals surface area (Å²) in [4.78, 5) is 27.4. The van der Waals surface area contributed by atoms with Gasteiger partial charge in [-0.2, -0.15) is 0 Å². The summed E-state index contributed by atoms with van der Waals surface area (Å²) in [5.41, 5.74) is 1.02. The highest BCUT2D eigenvalue weighted by atomic mass is 32.1. The fourth-order valence-electron chi connectivity index (χ4n) is 1.84. The second-order valence-electron chi connectivity index (χ2n) is 4.70. The van der Waals surface area contributed by atoms with Crippen LogP contribution in [0.15, 0.2) is 5.38 Å². The van der Waals surface area contributed by atoms with Gasteiger partial charge in [0, 0.05) is 5.92 Å². The molecule has 0 bridgehead atoms. The molecule has 7 nitrogen and oxygen atoms in total. The fraction of sp³-hybridized carbons (Fsp3) is 0.333. The van der Waals surface area contributed by atoms with Gasteiger partial charge < -0.3 is 10.4 Å². The number of hydrogen-bond acceptors (Lipinski definition) is 5. The van der Waals surface area contributed by atoms with Crippen LogP contribution in [-0.4, -0.2) is 32.2 Å². The van der Waals surface area contributed by atoms with Crippen LogP contribution >= 0.6 is 11.3 Å². The molecule has 1 saturated carbocycles. The molecule has 8 heteroatoms. The molecule has 2 aromatic rings. The third-order valence-electron chi connectivity index (χ3n) is 3.08. The third-order valence-corrected chi connectivity index (χ3v) is 4.16. The molecule has 0 aliphatic heterocycles. The van der Waals surface area contributed by atoms with Crippen molar-refractivity contribution in [3.8, 4) is 0 Å². The Morgan fingerprint density at radius 3 is 2.90 bits per heavy atom. The summed E-state index contributed by atoms with van der Waals surface area (Å²) >= 11 is 1.08. The predicted molar refractivity (Wildman–Crippen MR) is 72.3 cm³/mol. The van der Waals surface area contributed by atoms with Crippen molar-refractivity contribution in [2.45, 2.75) is 25.7 Å². The first kappa shape index (κ1) is 12.8. The van der Waals surface area contributed by atoms with Gasteiger partial charge in [-0.1, -0.05) is 0 Å². The molecule has 0 aromatic carbocycles. The molecule has 1 aliphatic rings. The number of thiophene rings is 1. The number of aryl methyl sites for hydroxylation is 1. The summed E-state index contributed by atoms with van der Waals surface area (Å²) in [5, 5.41) is 19.9. The van der Waals surface area contributed by atoms with Crippen molar-refractivity contribution in [2.24, 2.45) is 0 Å². The van der Waals surface area contributed by atoms with E-state index in [2.05, 4.69) is 20.5 Å². The SMILES string of the molecule is Cc1csc(C(=O)O)c1NC(=O)c1n[nH]c(C2CC2)n1. The predicted octanol–water partition coefficient (Wildman–Crippen LogP) is 2.00. The van der Waals surface area contributed by atoms with Crippen molar-refractivity contribution in [2.75, 3.05) is 5.32 Å². The highest BCUT2D eigenvalue weighted by molar-refractivity contribution is 7.12. The number of aromatic nitrogens is 3. The first-order chi connectivity index (χ1) is 9.56. The Hall–Kier alpha value is -2.22. The van der Waals surface area contributed by atoms with Crippen LogP contribution in [0.5, 0.6) is 0 Å². The molecule has 2 aromatic heterocycles. The van der Waals surface area contributed by atoms with Crippen LogP contribution in [0, 0.1) is 6.92 Å². The maximum absolute atomic E-state index is 12.1. The van der Waals surface area contributed by atoms with Crippen molar-refractivity contribution in [3.05, 3.63) is 27.5 Å². The van der Waals surface area contributed by atoms with Crippen molar-refractivity contribution < 1.29 is 14.7 Å². The van der Waals surface area contributed by atoms with Gasteiger partial charge >= 0.3 is 5.97 Å². The molecule has 0 spiro atoms. The van der Waals surface area contributed by atoms with E-state index in [9.17, 15) is 9.59 Å². The lowest BCUT2D eigenvalue weighted by Crippen LogP contribution is -2.16. The number of amides is 1. The van der Waals surface area contributed by atoms with Crippen LogP contribution in [0.1, 0.15) is 50.4 Å². The first-order valence-corrected chi connectivity index (χ1v) is 6.99. The van der Waals surface area contributed by atoms with E-state index >= 15 is 0 Å². The number of carbonyl (C=O) groups excluding carboxylic acids is 1. The lowest BCUT2D eigenvalue weighted by molar-refractivity contribution is 0.0703. The van der Waals surface area contributed by atoms with Crippen LogP contribution in [0.25, 0.3) is 0 Å². The number of carboxylic acid groups (broad SMARTS) is 1. The molecule has 0 unspecified atom stereocenters. The molecule has 104 valence electrons. The van der Waals surface area contributed by atoms with Crippen LogP contribution in [-0.2, 0) is 0 Å². The molecule has 20 heavy (non-hydrogen) atoms. The Balaban J connectivity index is 1.81. The maximum atomic E-state index is 12.1. The number of anilines is 1. The van der Waals surface area contributed by atoms with Crippen molar-refractivity contribution in [1.29, 1.82) is 0 Å². The topological polar surface area (TPSA) is 108 Å². The monoisotopic (exact) mass is 292 g/mol. The van der Waals surface area contributed by atoms with Gasteiger partial charge in [-0.25, -0.2) is 9.78 Å². The van der Waals surface area contributed by atoms with Crippen molar-refractivity contribution in [1.82, 2.24) is 15.2 Å². The molecule has 0 radical (unpaired) electrons. The van der Waals surface area contributed by atoms with E-state index in [1.807, 2.05) is 0 Å².